The summed E-state index contributed by atoms with van der Waals surface area (Å²) >= 11 is 0. The summed E-state index contributed by atoms with van der Waals surface area (Å²) < 4.78 is 25.3. The van der Waals surface area contributed by atoms with Gasteiger partial charge in [0.15, 0.2) is 0 Å². The van der Waals surface area contributed by atoms with Gasteiger partial charge in [0.2, 0.25) is 12.3 Å². The van der Waals surface area contributed by atoms with Crippen LogP contribution in [0.15, 0.2) is 0 Å². The molecular weight excluding hydrogens is 226 g/mol. The van der Waals surface area contributed by atoms with Gasteiger partial charge in [-0.1, -0.05) is 0 Å². The van der Waals surface area contributed by atoms with Crippen LogP contribution in [0.3, 0.4) is 0 Å². The number of hydrogen-bond donors (Lipinski definition) is 1. The van der Waals surface area contributed by atoms with Gasteiger partial charge in [-0.25, -0.2) is 8.78 Å². The van der Waals surface area contributed by atoms with E-state index < -0.39 is 12.3 Å². The first-order valence-electron chi connectivity index (χ1n) is 6.46. The van der Waals surface area contributed by atoms with Crippen molar-refractivity contribution < 1.29 is 13.6 Å². The van der Waals surface area contributed by atoms with Crippen LogP contribution in [0, 0.1) is 11.8 Å². The maximum absolute atomic E-state index is 12.6. The van der Waals surface area contributed by atoms with Crippen molar-refractivity contribution in [3.63, 3.8) is 0 Å². The lowest BCUT2D eigenvalue weighted by Gasteiger charge is -2.35. The molecule has 0 bridgehead atoms. The SMILES string of the molecule is O=C([C@@H]1CCCNC1)N1CCC[C@@H](C(F)F)C1. The van der Waals surface area contributed by atoms with Crippen molar-refractivity contribution in [3.8, 4) is 0 Å². The molecule has 0 saturated carbocycles. The number of nitrogens with zero attached hydrogens (tertiary/aromatic N) is 1. The Labute approximate surface area is 101 Å². The van der Waals surface area contributed by atoms with Crippen LogP contribution in [-0.2, 0) is 4.79 Å². The number of likely N-dealkylation sites (tertiary alicyclic amines) is 1. The summed E-state index contributed by atoms with van der Waals surface area (Å²) in [6.07, 6.45) is 0.852. The molecule has 98 valence electrons. The smallest absolute Gasteiger partial charge is 0.243 e. The highest BCUT2D eigenvalue weighted by molar-refractivity contribution is 5.79. The third kappa shape index (κ3) is 3.15. The first-order chi connectivity index (χ1) is 8.18. The van der Waals surface area contributed by atoms with Gasteiger partial charge in [0.25, 0.3) is 0 Å². The Morgan fingerprint density at radius 1 is 1.29 bits per heavy atom. The lowest BCUT2D eigenvalue weighted by molar-refractivity contribution is -0.139. The fourth-order valence-electron chi connectivity index (χ4n) is 2.74. The van der Waals surface area contributed by atoms with E-state index in [-0.39, 0.29) is 18.4 Å². The van der Waals surface area contributed by atoms with Gasteiger partial charge in [-0.3, -0.25) is 4.79 Å². The van der Waals surface area contributed by atoms with Gasteiger partial charge in [-0.2, -0.15) is 0 Å². The Balaban J connectivity index is 1.89. The minimum Gasteiger partial charge on any atom is -0.342 e. The maximum Gasteiger partial charge on any atom is 0.243 e. The second-order valence-corrected chi connectivity index (χ2v) is 5.06. The van der Waals surface area contributed by atoms with Crippen LogP contribution >= 0.6 is 0 Å². The van der Waals surface area contributed by atoms with E-state index >= 15 is 0 Å². The van der Waals surface area contributed by atoms with Gasteiger partial charge in [-0.15, -0.1) is 0 Å². The zero-order valence-corrected chi connectivity index (χ0v) is 10.0. The molecule has 0 spiro atoms. The Morgan fingerprint density at radius 3 is 2.76 bits per heavy atom. The molecule has 2 atom stereocenters. The van der Waals surface area contributed by atoms with Crippen LogP contribution in [0.1, 0.15) is 25.7 Å². The van der Waals surface area contributed by atoms with Crippen molar-refractivity contribution in [1.29, 1.82) is 0 Å². The summed E-state index contributed by atoms with van der Waals surface area (Å²) in [5, 5.41) is 3.19. The molecule has 2 aliphatic rings. The number of halogens is 2. The van der Waals surface area contributed by atoms with Gasteiger partial charge in [0.1, 0.15) is 0 Å². The van der Waals surface area contributed by atoms with Crippen LogP contribution in [0.4, 0.5) is 8.78 Å². The Bertz CT molecular complexity index is 267. The summed E-state index contributed by atoms with van der Waals surface area (Å²) in [6.45, 7) is 2.56. The van der Waals surface area contributed by atoms with Gasteiger partial charge >= 0.3 is 0 Å². The summed E-state index contributed by atoms with van der Waals surface area (Å²) in [5.41, 5.74) is 0. The molecule has 0 aromatic rings. The molecule has 2 heterocycles. The van der Waals surface area contributed by atoms with Crippen LogP contribution in [0.5, 0.6) is 0 Å². The normalized spacial score (nSPS) is 30.6. The summed E-state index contributed by atoms with van der Waals surface area (Å²) in [6, 6.07) is 0. The second kappa shape index (κ2) is 5.76. The summed E-state index contributed by atoms with van der Waals surface area (Å²) in [7, 11) is 0. The third-order valence-corrected chi connectivity index (χ3v) is 3.77. The first kappa shape index (κ1) is 12.7. The van der Waals surface area contributed by atoms with E-state index in [2.05, 4.69) is 5.32 Å². The lowest BCUT2D eigenvalue weighted by Crippen LogP contribution is -2.47. The van der Waals surface area contributed by atoms with E-state index in [9.17, 15) is 13.6 Å². The van der Waals surface area contributed by atoms with E-state index in [0.717, 1.165) is 19.4 Å². The average molecular weight is 246 g/mol. The zero-order valence-electron chi connectivity index (χ0n) is 10.0. The highest BCUT2D eigenvalue weighted by Crippen LogP contribution is 2.24. The number of carbonyl (C=O) groups excluding carboxylic acids is 1. The highest BCUT2D eigenvalue weighted by Gasteiger charge is 2.32. The minimum atomic E-state index is -2.30. The molecule has 5 heteroatoms. The van der Waals surface area contributed by atoms with E-state index in [1.54, 1.807) is 4.90 Å². The fraction of sp³-hybridized carbons (Fsp3) is 0.917. The largest absolute Gasteiger partial charge is 0.342 e. The molecule has 1 amide bonds. The number of carbonyl (C=O) groups is 1. The fourth-order valence-corrected chi connectivity index (χ4v) is 2.74. The van der Waals surface area contributed by atoms with Crippen molar-refractivity contribution in [2.45, 2.75) is 32.1 Å². The molecule has 2 rings (SSSR count). The molecule has 17 heavy (non-hydrogen) atoms. The number of piperidine rings is 2. The van der Waals surface area contributed by atoms with Crippen molar-refractivity contribution in [2.75, 3.05) is 26.2 Å². The van der Waals surface area contributed by atoms with Crippen molar-refractivity contribution >= 4 is 5.91 Å². The number of nitrogens with one attached hydrogen (secondary N) is 1. The molecule has 2 aliphatic heterocycles. The molecule has 1 N–H and O–H groups in total. The van der Waals surface area contributed by atoms with Gasteiger partial charge < -0.3 is 10.2 Å². The Hall–Kier alpha value is -0.710. The third-order valence-electron chi connectivity index (χ3n) is 3.77. The first-order valence-corrected chi connectivity index (χ1v) is 6.46. The average Bonchev–Trinajstić information content (AvgIpc) is 2.39. The number of hydrogen-bond acceptors (Lipinski definition) is 2. The number of amides is 1. The Kier molecular flexibility index (Phi) is 4.31. The molecule has 0 aromatic heterocycles. The summed E-state index contributed by atoms with van der Waals surface area (Å²) in [4.78, 5) is 13.8. The lowest BCUT2D eigenvalue weighted by atomic mass is 9.94. The van der Waals surface area contributed by atoms with Crippen LogP contribution in [0.2, 0.25) is 0 Å². The standard InChI is InChI=1S/C12H20F2N2O/c13-11(14)10-4-2-6-16(8-10)12(17)9-3-1-5-15-7-9/h9-11,15H,1-8H2/t9-,10-/m1/s1. The molecule has 2 saturated heterocycles. The molecule has 0 radical (unpaired) electrons. The van der Waals surface area contributed by atoms with Crippen molar-refractivity contribution in [2.24, 2.45) is 11.8 Å². The van der Waals surface area contributed by atoms with Gasteiger partial charge in [-0.05, 0) is 32.2 Å². The number of rotatable bonds is 2. The second-order valence-electron chi connectivity index (χ2n) is 5.06. The predicted molar refractivity (Wildman–Crippen MR) is 60.9 cm³/mol. The van der Waals surface area contributed by atoms with Crippen LogP contribution in [0.25, 0.3) is 0 Å². The maximum atomic E-state index is 12.6. The summed E-state index contributed by atoms with van der Waals surface area (Å²) in [5.74, 6) is -0.549. The quantitative estimate of drug-likeness (QED) is 0.800. The molecule has 2 fully saturated rings. The predicted octanol–water partition coefficient (Wildman–Crippen LogP) is 1.49. The topological polar surface area (TPSA) is 32.3 Å². The monoisotopic (exact) mass is 246 g/mol. The van der Waals surface area contributed by atoms with Crippen molar-refractivity contribution in [1.82, 2.24) is 10.2 Å². The van der Waals surface area contributed by atoms with Gasteiger partial charge in [0.05, 0.1) is 5.92 Å². The van der Waals surface area contributed by atoms with Crippen molar-refractivity contribution in [3.05, 3.63) is 0 Å². The molecular formula is C12H20F2N2O. The molecule has 0 aliphatic carbocycles. The number of alkyl halides is 2. The minimum absolute atomic E-state index is 0.000160. The van der Waals surface area contributed by atoms with Gasteiger partial charge in [0, 0.05) is 25.6 Å². The molecule has 3 nitrogen and oxygen atoms in total. The molecule has 0 unspecified atom stereocenters. The van der Waals surface area contributed by atoms with Crippen LogP contribution < -0.4 is 5.32 Å². The van der Waals surface area contributed by atoms with Crippen LogP contribution in [-0.4, -0.2) is 43.4 Å². The van der Waals surface area contributed by atoms with E-state index in [0.29, 0.717) is 25.9 Å². The highest BCUT2D eigenvalue weighted by atomic mass is 19.3. The van der Waals surface area contributed by atoms with E-state index in [1.807, 2.05) is 0 Å². The Morgan fingerprint density at radius 2 is 2.12 bits per heavy atom. The van der Waals surface area contributed by atoms with E-state index in [4.69, 9.17) is 0 Å². The molecule has 0 aromatic carbocycles. The van der Waals surface area contributed by atoms with E-state index in [1.165, 1.54) is 0 Å². The zero-order chi connectivity index (χ0) is 12.3.